The largest absolute Gasteiger partial charge is 0.385 e. The Bertz CT molecular complexity index is 1300. The van der Waals surface area contributed by atoms with E-state index in [0.717, 1.165) is 59.7 Å². The summed E-state index contributed by atoms with van der Waals surface area (Å²) in [5.41, 5.74) is 7.59. The van der Waals surface area contributed by atoms with E-state index in [1.807, 2.05) is 12.4 Å². The number of hydrogen-bond donors (Lipinski definition) is 2. The lowest BCUT2D eigenvalue weighted by atomic mass is 9.99. The van der Waals surface area contributed by atoms with E-state index in [0.29, 0.717) is 12.5 Å². The molecule has 1 atom stereocenters. The van der Waals surface area contributed by atoms with Crippen LogP contribution in [0.15, 0.2) is 84.2 Å². The fraction of sp³-hybridized carbons (Fsp3) is 0.333. The molecule has 0 aliphatic carbocycles. The van der Waals surface area contributed by atoms with Gasteiger partial charge in [-0.05, 0) is 62.3 Å². The summed E-state index contributed by atoms with van der Waals surface area (Å²) in [5, 5.41) is 4.79. The molecule has 1 unspecified atom stereocenters. The Kier molecular flexibility index (Phi) is 8.39. The maximum atomic E-state index is 5.28. The summed E-state index contributed by atoms with van der Waals surface area (Å²) in [6, 6.07) is 10.5. The van der Waals surface area contributed by atoms with Crippen molar-refractivity contribution >= 4 is 22.4 Å². The first kappa shape index (κ1) is 25.5. The van der Waals surface area contributed by atoms with Gasteiger partial charge in [-0.2, -0.15) is 0 Å². The second-order valence-corrected chi connectivity index (χ2v) is 9.32. The van der Waals surface area contributed by atoms with Gasteiger partial charge in [0.05, 0.1) is 11.4 Å². The van der Waals surface area contributed by atoms with Crippen LogP contribution in [0.1, 0.15) is 43.4 Å². The number of aromatic amines is 1. The molecule has 2 aromatic heterocycles. The molecule has 6 nitrogen and oxygen atoms in total. The maximum absolute atomic E-state index is 5.28. The standard InChI is InChI=1S/C30H37N5O/c1-6-29(22(3)10-9-15-36-5)35-20-28(25-16-21(2)17-31-18-25)34-30(23(35)4)32-14-13-24-19-33-27-12-8-7-11-26(24)27/h6-8,11-12,16-20,22,33H,4,9-10,13-15H2,1-3,5H3,(H,32,34)/b29-6-. The molecule has 0 spiro atoms. The molecule has 1 aliphatic heterocycles. The Hall–Kier alpha value is -3.64. The van der Waals surface area contributed by atoms with Gasteiger partial charge < -0.3 is 19.9 Å². The van der Waals surface area contributed by atoms with E-state index < -0.39 is 0 Å². The predicted octanol–water partition coefficient (Wildman–Crippen LogP) is 6.20. The van der Waals surface area contributed by atoms with Crippen LogP contribution in [-0.4, -0.2) is 41.0 Å². The number of aliphatic imine (C=N–C) groups is 1. The van der Waals surface area contributed by atoms with Gasteiger partial charge in [0.2, 0.25) is 0 Å². The van der Waals surface area contributed by atoms with Crippen LogP contribution < -0.4 is 5.32 Å². The molecular weight excluding hydrogens is 446 g/mol. The van der Waals surface area contributed by atoms with Gasteiger partial charge in [-0.15, -0.1) is 0 Å². The van der Waals surface area contributed by atoms with Crippen molar-refractivity contribution < 1.29 is 4.74 Å². The number of ether oxygens (including phenoxy) is 1. The number of para-hydroxylation sites is 1. The van der Waals surface area contributed by atoms with E-state index in [2.05, 4.69) is 96.3 Å². The molecule has 188 valence electrons. The molecule has 0 fully saturated rings. The molecule has 3 heterocycles. The third-order valence-electron chi connectivity index (χ3n) is 6.65. The van der Waals surface area contributed by atoms with Crippen LogP contribution in [0.4, 0.5) is 0 Å². The molecule has 2 N–H and O–H groups in total. The molecule has 4 rings (SSSR count). The number of H-pyrrole nitrogens is 1. The van der Waals surface area contributed by atoms with Crippen molar-refractivity contribution in [3.05, 3.63) is 95.9 Å². The maximum Gasteiger partial charge on any atom is 0.149 e. The highest BCUT2D eigenvalue weighted by atomic mass is 16.5. The summed E-state index contributed by atoms with van der Waals surface area (Å²) in [7, 11) is 1.75. The highest BCUT2D eigenvalue weighted by molar-refractivity contribution is 6.04. The zero-order valence-corrected chi connectivity index (χ0v) is 21.8. The SMILES string of the molecule is C=C1C(=NCCc2c[nH]c3ccccc23)NC(c2cncc(C)c2)=CN1/C(=C\C)C(C)CCCOC. The Balaban J connectivity index is 1.61. The van der Waals surface area contributed by atoms with Crippen LogP contribution in [0.25, 0.3) is 16.6 Å². The highest BCUT2D eigenvalue weighted by Crippen LogP contribution is 2.30. The topological polar surface area (TPSA) is 65.5 Å². The lowest BCUT2D eigenvalue weighted by Crippen LogP contribution is -2.38. The summed E-state index contributed by atoms with van der Waals surface area (Å²) in [6.07, 6.45) is 13.0. The summed E-state index contributed by atoms with van der Waals surface area (Å²) in [5.74, 6) is 1.14. The summed E-state index contributed by atoms with van der Waals surface area (Å²) < 4.78 is 5.28. The second kappa shape index (κ2) is 11.9. The second-order valence-electron chi connectivity index (χ2n) is 9.32. The van der Waals surface area contributed by atoms with Gasteiger partial charge in [0.15, 0.2) is 0 Å². The van der Waals surface area contributed by atoms with Crippen molar-refractivity contribution in [2.24, 2.45) is 10.9 Å². The van der Waals surface area contributed by atoms with Crippen molar-refractivity contribution in [1.82, 2.24) is 20.2 Å². The molecule has 0 bridgehead atoms. The smallest absolute Gasteiger partial charge is 0.149 e. The van der Waals surface area contributed by atoms with Crippen molar-refractivity contribution in [2.75, 3.05) is 20.3 Å². The zero-order valence-electron chi connectivity index (χ0n) is 21.8. The molecule has 0 amide bonds. The predicted molar refractivity (Wildman–Crippen MR) is 149 cm³/mol. The van der Waals surface area contributed by atoms with E-state index >= 15 is 0 Å². The van der Waals surface area contributed by atoms with Crippen molar-refractivity contribution in [1.29, 1.82) is 0 Å². The quantitative estimate of drug-likeness (QED) is 0.337. The first-order valence-electron chi connectivity index (χ1n) is 12.7. The van der Waals surface area contributed by atoms with E-state index in [9.17, 15) is 0 Å². The first-order chi connectivity index (χ1) is 17.5. The fourth-order valence-electron chi connectivity index (χ4n) is 4.73. The number of benzene rings is 1. The van der Waals surface area contributed by atoms with Gasteiger partial charge in [0.1, 0.15) is 5.84 Å². The Morgan fingerprint density at radius 3 is 2.89 bits per heavy atom. The number of rotatable bonds is 10. The lowest BCUT2D eigenvalue weighted by molar-refractivity contribution is 0.188. The molecule has 36 heavy (non-hydrogen) atoms. The monoisotopic (exact) mass is 483 g/mol. The zero-order chi connectivity index (χ0) is 25.5. The number of nitrogens with zero attached hydrogens (tertiary/aromatic N) is 3. The minimum Gasteiger partial charge on any atom is -0.385 e. The van der Waals surface area contributed by atoms with Gasteiger partial charge in [0.25, 0.3) is 0 Å². The number of nitrogens with one attached hydrogen (secondary N) is 2. The third-order valence-corrected chi connectivity index (χ3v) is 6.65. The molecule has 1 aromatic carbocycles. The molecule has 0 saturated carbocycles. The highest BCUT2D eigenvalue weighted by Gasteiger charge is 2.25. The Labute approximate surface area is 214 Å². The number of amidine groups is 1. The molecule has 1 aliphatic rings. The van der Waals surface area contributed by atoms with Crippen molar-refractivity contribution in [2.45, 2.75) is 40.0 Å². The van der Waals surface area contributed by atoms with E-state index in [4.69, 9.17) is 9.73 Å². The van der Waals surface area contributed by atoms with Crippen molar-refractivity contribution in [3.63, 3.8) is 0 Å². The van der Waals surface area contributed by atoms with Crippen LogP contribution >= 0.6 is 0 Å². The lowest BCUT2D eigenvalue weighted by Gasteiger charge is -2.35. The molecule has 3 aromatic rings. The molecule has 6 heteroatoms. The first-order valence-corrected chi connectivity index (χ1v) is 12.7. The van der Waals surface area contributed by atoms with Gasteiger partial charge >= 0.3 is 0 Å². The van der Waals surface area contributed by atoms with Crippen LogP contribution in [0, 0.1) is 12.8 Å². The van der Waals surface area contributed by atoms with Crippen LogP contribution in [0.5, 0.6) is 0 Å². The van der Waals surface area contributed by atoms with E-state index in [1.165, 1.54) is 16.6 Å². The summed E-state index contributed by atoms with van der Waals surface area (Å²) in [4.78, 5) is 14.9. The third kappa shape index (κ3) is 5.77. The van der Waals surface area contributed by atoms with Crippen LogP contribution in [0.3, 0.4) is 0 Å². The fourth-order valence-corrected chi connectivity index (χ4v) is 4.73. The van der Waals surface area contributed by atoms with E-state index in [-0.39, 0.29) is 0 Å². The van der Waals surface area contributed by atoms with Gasteiger partial charge in [0, 0.05) is 67.2 Å². The number of fused-ring (bicyclic) bond motifs is 1. The van der Waals surface area contributed by atoms with Gasteiger partial charge in [-0.25, -0.2) is 0 Å². The van der Waals surface area contributed by atoms with Crippen molar-refractivity contribution in [3.8, 4) is 0 Å². The van der Waals surface area contributed by atoms with Crippen LogP contribution in [-0.2, 0) is 11.2 Å². The molecular formula is C30H37N5O. The average molecular weight is 484 g/mol. The minimum atomic E-state index is 0.348. The number of pyridine rings is 1. The summed E-state index contributed by atoms with van der Waals surface area (Å²) in [6.45, 7) is 12.3. The number of aromatic nitrogens is 2. The van der Waals surface area contributed by atoms with E-state index in [1.54, 1.807) is 7.11 Å². The summed E-state index contributed by atoms with van der Waals surface area (Å²) >= 11 is 0. The number of methoxy groups -OCH3 is 1. The minimum absolute atomic E-state index is 0.348. The molecule has 0 saturated heterocycles. The number of hydrogen-bond acceptors (Lipinski definition) is 4. The Morgan fingerprint density at radius 2 is 2.11 bits per heavy atom. The Morgan fingerprint density at radius 1 is 1.28 bits per heavy atom. The normalized spacial score (nSPS) is 16.4. The number of aryl methyl sites for hydroxylation is 1. The van der Waals surface area contributed by atoms with Gasteiger partial charge in [-0.1, -0.05) is 37.8 Å². The van der Waals surface area contributed by atoms with Gasteiger partial charge in [-0.3, -0.25) is 9.98 Å². The number of allylic oxidation sites excluding steroid dienone is 2. The van der Waals surface area contributed by atoms with Crippen LogP contribution in [0.2, 0.25) is 0 Å². The molecule has 0 radical (unpaired) electrons. The average Bonchev–Trinajstić information content (AvgIpc) is 3.29.